The molecule has 0 aliphatic carbocycles. The number of ketones is 1. The number of thioether (sulfide) groups is 1. The van der Waals surface area contributed by atoms with Gasteiger partial charge in [-0.3, -0.25) is 4.79 Å². The highest BCUT2D eigenvalue weighted by Gasteiger charge is 2.07. The van der Waals surface area contributed by atoms with Crippen LogP contribution in [0, 0.1) is 0 Å². The second-order valence-corrected chi connectivity index (χ2v) is 4.65. The number of hydrogen-bond acceptors (Lipinski definition) is 2. The smallest absolute Gasteiger partial charge is 0.147 e. The first-order valence-corrected chi connectivity index (χ1v) is 6.80. The van der Waals surface area contributed by atoms with E-state index in [0.717, 1.165) is 10.5 Å². The van der Waals surface area contributed by atoms with Gasteiger partial charge in [0, 0.05) is 16.3 Å². The number of benzene rings is 1. The molecule has 0 aromatic heterocycles. The van der Waals surface area contributed by atoms with Crippen molar-refractivity contribution < 1.29 is 4.79 Å². The van der Waals surface area contributed by atoms with Crippen molar-refractivity contribution in [1.29, 1.82) is 0 Å². The molecular weight excluding hydrogens is 284 g/mol. The summed E-state index contributed by atoms with van der Waals surface area (Å²) >= 11 is 10.6. The first-order chi connectivity index (χ1) is 6.67. The van der Waals surface area contributed by atoms with Gasteiger partial charge in [0.25, 0.3) is 0 Å². The third-order valence-electron chi connectivity index (χ3n) is 1.78. The van der Waals surface area contributed by atoms with Crippen LogP contribution in [0.5, 0.6) is 0 Å². The van der Waals surface area contributed by atoms with Crippen LogP contribution in [0.25, 0.3) is 0 Å². The first-order valence-electron chi connectivity index (χ1n) is 4.07. The third kappa shape index (κ3) is 3.30. The minimum atomic E-state index is 0.169. The fraction of sp³-hybridized carbons (Fsp3) is 0.300. The van der Waals surface area contributed by atoms with Crippen molar-refractivity contribution in [2.75, 3.05) is 11.6 Å². The van der Waals surface area contributed by atoms with Crippen LogP contribution < -0.4 is 0 Å². The molecule has 0 saturated carbocycles. The molecule has 0 aliphatic heterocycles. The number of rotatable bonds is 4. The normalized spacial score (nSPS) is 10.2. The highest BCUT2D eigenvalue weighted by molar-refractivity contribution is 9.09. The van der Waals surface area contributed by atoms with Gasteiger partial charge in [0.05, 0.1) is 5.33 Å². The lowest BCUT2D eigenvalue weighted by atomic mass is 10.1. The highest BCUT2D eigenvalue weighted by atomic mass is 79.9. The van der Waals surface area contributed by atoms with Crippen LogP contribution in [0.15, 0.2) is 23.1 Å². The van der Waals surface area contributed by atoms with E-state index in [2.05, 4.69) is 15.9 Å². The van der Waals surface area contributed by atoms with Gasteiger partial charge in [-0.1, -0.05) is 27.5 Å². The summed E-state index contributed by atoms with van der Waals surface area (Å²) in [6.45, 7) is 0. The lowest BCUT2D eigenvalue weighted by Crippen LogP contribution is -2.04. The molecule has 1 aromatic carbocycles. The summed E-state index contributed by atoms with van der Waals surface area (Å²) < 4.78 is 0. The van der Waals surface area contributed by atoms with Gasteiger partial charge < -0.3 is 0 Å². The second kappa shape index (κ2) is 5.79. The lowest BCUT2D eigenvalue weighted by molar-refractivity contribution is -0.115. The summed E-state index contributed by atoms with van der Waals surface area (Å²) in [7, 11) is 0. The highest BCUT2D eigenvalue weighted by Crippen LogP contribution is 2.24. The van der Waals surface area contributed by atoms with E-state index >= 15 is 0 Å². The molecule has 0 fully saturated rings. The zero-order chi connectivity index (χ0) is 10.6. The van der Waals surface area contributed by atoms with Crippen molar-refractivity contribution in [2.24, 2.45) is 0 Å². The molecule has 1 aromatic rings. The fourth-order valence-electron chi connectivity index (χ4n) is 1.14. The maximum atomic E-state index is 11.3. The Morgan fingerprint density at radius 3 is 2.86 bits per heavy atom. The summed E-state index contributed by atoms with van der Waals surface area (Å²) in [5.74, 6) is 0.169. The number of carbonyl (C=O) groups excluding carboxylic acids is 1. The maximum Gasteiger partial charge on any atom is 0.147 e. The van der Waals surface area contributed by atoms with Crippen LogP contribution in [-0.2, 0) is 11.2 Å². The van der Waals surface area contributed by atoms with Crippen LogP contribution in [-0.4, -0.2) is 17.4 Å². The van der Waals surface area contributed by atoms with Crippen molar-refractivity contribution >= 4 is 45.1 Å². The lowest BCUT2D eigenvalue weighted by Gasteiger charge is -2.06. The quantitative estimate of drug-likeness (QED) is 0.623. The summed E-state index contributed by atoms with van der Waals surface area (Å²) in [6, 6.07) is 5.65. The Kier molecular flexibility index (Phi) is 4.99. The monoisotopic (exact) mass is 292 g/mol. The summed E-state index contributed by atoms with van der Waals surface area (Å²) in [4.78, 5) is 12.4. The fourth-order valence-corrected chi connectivity index (χ4v) is 2.14. The summed E-state index contributed by atoms with van der Waals surface area (Å²) in [6.07, 6.45) is 2.44. The zero-order valence-corrected chi connectivity index (χ0v) is 10.9. The average Bonchev–Trinajstić information content (AvgIpc) is 2.18. The van der Waals surface area contributed by atoms with Crippen LogP contribution in [0.4, 0.5) is 0 Å². The van der Waals surface area contributed by atoms with Gasteiger partial charge in [-0.05, 0) is 30.0 Å². The molecule has 0 amide bonds. The SMILES string of the molecule is CSc1ccc(Cl)cc1CC(=O)CBr. The molecule has 0 spiro atoms. The van der Waals surface area contributed by atoms with E-state index in [-0.39, 0.29) is 5.78 Å². The third-order valence-corrected chi connectivity index (χ3v) is 3.48. The van der Waals surface area contributed by atoms with Gasteiger partial charge in [-0.25, -0.2) is 0 Å². The number of Topliss-reactive ketones (excluding diaryl/α,β-unsaturated/α-hetero) is 1. The number of carbonyl (C=O) groups is 1. The number of alkyl halides is 1. The minimum absolute atomic E-state index is 0.169. The van der Waals surface area contributed by atoms with Gasteiger partial charge in [-0.15, -0.1) is 11.8 Å². The molecule has 1 rings (SSSR count). The largest absolute Gasteiger partial charge is 0.298 e. The molecule has 0 unspecified atom stereocenters. The Bertz CT molecular complexity index is 341. The van der Waals surface area contributed by atoms with E-state index in [1.807, 2.05) is 24.5 Å². The molecule has 0 radical (unpaired) electrons. The van der Waals surface area contributed by atoms with Crippen molar-refractivity contribution in [1.82, 2.24) is 0 Å². The van der Waals surface area contributed by atoms with E-state index in [9.17, 15) is 4.79 Å². The van der Waals surface area contributed by atoms with Gasteiger partial charge in [0.1, 0.15) is 5.78 Å². The Labute approximate surface area is 101 Å². The molecule has 0 bridgehead atoms. The number of hydrogen-bond donors (Lipinski definition) is 0. The Morgan fingerprint density at radius 1 is 1.57 bits per heavy atom. The van der Waals surface area contributed by atoms with Crippen molar-refractivity contribution in [3.63, 3.8) is 0 Å². The molecule has 0 saturated heterocycles. The van der Waals surface area contributed by atoms with Crippen molar-refractivity contribution in [3.05, 3.63) is 28.8 Å². The maximum absolute atomic E-state index is 11.3. The predicted molar refractivity (Wildman–Crippen MR) is 65.7 cm³/mol. The van der Waals surface area contributed by atoms with E-state index in [0.29, 0.717) is 16.8 Å². The Hall–Kier alpha value is 0.01000. The van der Waals surface area contributed by atoms with Gasteiger partial charge in [0.15, 0.2) is 0 Å². The molecule has 1 nitrogen and oxygen atoms in total. The standard InChI is InChI=1S/C10H10BrClOS/c1-14-10-3-2-8(12)4-7(10)5-9(13)6-11/h2-4H,5-6H2,1H3. The van der Waals surface area contributed by atoms with Crippen LogP contribution in [0.3, 0.4) is 0 Å². The summed E-state index contributed by atoms with van der Waals surface area (Å²) in [5.41, 5.74) is 1.01. The molecule has 0 N–H and O–H groups in total. The predicted octanol–water partition coefficient (Wildman–Crippen LogP) is 3.57. The Balaban J connectivity index is 2.93. The molecule has 0 heterocycles. The molecule has 14 heavy (non-hydrogen) atoms. The van der Waals surface area contributed by atoms with Gasteiger partial charge in [-0.2, -0.15) is 0 Å². The zero-order valence-electron chi connectivity index (χ0n) is 7.72. The molecular formula is C10H10BrClOS. The van der Waals surface area contributed by atoms with Crippen molar-refractivity contribution in [3.8, 4) is 0 Å². The minimum Gasteiger partial charge on any atom is -0.298 e. The second-order valence-electron chi connectivity index (χ2n) is 2.81. The Morgan fingerprint density at radius 2 is 2.29 bits per heavy atom. The number of halogens is 2. The molecule has 0 atom stereocenters. The molecule has 76 valence electrons. The van der Waals surface area contributed by atoms with E-state index in [1.54, 1.807) is 11.8 Å². The summed E-state index contributed by atoms with van der Waals surface area (Å²) in [5, 5.41) is 1.08. The van der Waals surface area contributed by atoms with E-state index < -0.39 is 0 Å². The average molecular weight is 294 g/mol. The van der Waals surface area contributed by atoms with E-state index in [4.69, 9.17) is 11.6 Å². The van der Waals surface area contributed by atoms with Crippen molar-refractivity contribution in [2.45, 2.75) is 11.3 Å². The van der Waals surface area contributed by atoms with Gasteiger partial charge in [0.2, 0.25) is 0 Å². The van der Waals surface area contributed by atoms with E-state index in [1.165, 1.54) is 0 Å². The van der Waals surface area contributed by atoms with Crippen LogP contribution >= 0.6 is 39.3 Å². The molecule has 4 heteroatoms. The van der Waals surface area contributed by atoms with Gasteiger partial charge >= 0.3 is 0 Å². The van der Waals surface area contributed by atoms with Crippen LogP contribution in [0.1, 0.15) is 5.56 Å². The van der Waals surface area contributed by atoms with Crippen LogP contribution in [0.2, 0.25) is 5.02 Å². The topological polar surface area (TPSA) is 17.1 Å². The molecule has 0 aliphatic rings. The first kappa shape index (κ1) is 12.1.